The predicted octanol–water partition coefficient (Wildman–Crippen LogP) is 3.40. The lowest BCUT2D eigenvalue weighted by molar-refractivity contribution is 0.0170. The van der Waals surface area contributed by atoms with Crippen LogP contribution in [0.4, 0.5) is 9.59 Å². The van der Waals surface area contributed by atoms with E-state index in [-0.39, 0.29) is 24.1 Å². The van der Waals surface area contributed by atoms with Crippen LogP contribution in [0.5, 0.6) is 0 Å². The summed E-state index contributed by atoms with van der Waals surface area (Å²) in [7, 11) is -1.25. The highest BCUT2D eigenvalue weighted by molar-refractivity contribution is 6.76. The highest BCUT2D eigenvalue weighted by Gasteiger charge is 2.49. The molecule has 2 fully saturated rings. The minimum Gasteiger partial charge on any atom is -0.450 e. The van der Waals surface area contributed by atoms with Gasteiger partial charge in [-0.2, -0.15) is 0 Å². The van der Waals surface area contributed by atoms with Crippen LogP contribution in [0.15, 0.2) is 0 Å². The van der Waals surface area contributed by atoms with Crippen molar-refractivity contribution >= 4 is 20.3 Å². The molecule has 0 aromatic carbocycles. The first-order valence-corrected chi connectivity index (χ1v) is 13.0. The molecule has 3 atom stereocenters. The number of hydrogen-bond donors (Lipinski definition) is 0. The molecule has 26 heavy (non-hydrogen) atoms. The lowest BCUT2D eigenvalue weighted by Crippen LogP contribution is -2.48. The summed E-state index contributed by atoms with van der Waals surface area (Å²) in [5.74, 6) is 2.79. The smallest absolute Gasteiger partial charge is 0.411 e. The highest BCUT2D eigenvalue weighted by Crippen LogP contribution is 2.36. The maximum atomic E-state index is 12.6. The Kier molecular flexibility index (Phi) is 5.96. The number of likely N-dealkylation sites (tertiary alicyclic amines) is 2. The molecule has 2 aliphatic rings. The molecule has 0 aromatic heterocycles. The van der Waals surface area contributed by atoms with Gasteiger partial charge in [0.25, 0.3) is 0 Å². The number of ether oxygens (including phenoxy) is 2. The standard InChI is InChI=1S/C19H32N2O4Si/c1-8-16-14-11-15(21(16)18(23)25-19(2,3)4)13-20(12-14)17(22)24-9-10-26(5,6)7/h1,14-16H,9-13H2,2-7H3/t14-,15+,16-/m0/s1. The Morgan fingerprint density at radius 1 is 1.19 bits per heavy atom. The molecule has 2 bridgehead atoms. The van der Waals surface area contributed by atoms with Gasteiger partial charge in [-0.1, -0.05) is 25.6 Å². The molecule has 0 aromatic rings. The van der Waals surface area contributed by atoms with Gasteiger partial charge < -0.3 is 14.4 Å². The van der Waals surface area contributed by atoms with Crippen molar-refractivity contribution in [1.82, 2.24) is 9.80 Å². The van der Waals surface area contributed by atoms with Crippen LogP contribution in [-0.2, 0) is 9.47 Å². The molecule has 2 amide bonds. The van der Waals surface area contributed by atoms with Gasteiger partial charge in [0.1, 0.15) is 11.6 Å². The lowest BCUT2D eigenvalue weighted by atomic mass is 9.95. The summed E-state index contributed by atoms with van der Waals surface area (Å²) in [5.41, 5.74) is -0.581. The monoisotopic (exact) mass is 380 g/mol. The van der Waals surface area contributed by atoms with Gasteiger partial charge in [-0.15, -0.1) is 6.42 Å². The number of fused-ring (bicyclic) bond motifs is 2. The molecule has 2 aliphatic heterocycles. The second kappa shape index (κ2) is 7.51. The van der Waals surface area contributed by atoms with Gasteiger partial charge in [0, 0.05) is 27.1 Å². The summed E-state index contributed by atoms with van der Waals surface area (Å²) in [6.07, 6.45) is 5.79. The number of amides is 2. The molecule has 0 aliphatic carbocycles. The average molecular weight is 381 g/mol. The fourth-order valence-electron chi connectivity index (χ4n) is 3.47. The fraction of sp³-hybridized carbons (Fsp3) is 0.789. The van der Waals surface area contributed by atoms with Gasteiger partial charge >= 0.3 is 12.2 Å². The van der Waals surface area contributed by atoms with Crippen molar-refractivity contribution in [3.05, 3.63) is 0 Å². The first-order chi connectivity index (χ1) is 11.9. The lowest BCUT2D eigenvalue weighted by Gasteiger charge is -2.32. The van der Waals surface area contributed by atoms with Gasteiger partial charge in [0.15, 0.2) is 0 Å². The Morgan fingerprint density at radius 2 is 1.85 bits per heavy atom. The molecular formula is C19H32N2O4Si. The van der Waals surface area contributed by atoms with Crippen LogP contribution in [0.1, 0.15) is 27.2 Å². The Bertz CT molecular complexity index is 588. The van der Waals surface area contributed by atoms with Crippen molar-refractivity contribution < 1.29 is 19.1 Å². The van der Waals surface area contributed by atoms with Crippen LogP contribution in [-0.4, -0.2) is 67.4 Å². The van der Waals surface area contributed by atoms with E-state index in [1.807, 2.05) is 20.8 Å². The third-order valence-electron chi connectivity index (χ3n) is 4.71. The van der Waals surface area contributed by atoms with Crippen LogP contribution in [0.3, 0.4) is 0 Å². The number of hydrogen-bond acceptors (Lipinski definition) is 4. The van der Waals surface area contributed by atoms with Gasteiger partial charge in [0.05, 0.1) is 12.6 Å². The van der Waals surface area contributed by atoms with E-state index in [1.54, 1.807) is 9.80 Å². The zero-order valence-corrected chi connectivity index (χ0v) is 17.9. The predicted molar refractivity (Wildman–Crippen MR) is 104 cm³/mol. The van der Waals surface area contributed by atoms with Crippen molar-refractivity contribution in [2.75, 3.05) is 19.7 Å². The van der Waals surface area contributed by atoms with Crippen molar-refractivity contribution in [2.45, 2.75) is 70.6 Å². The topological polar surface area (TPSA) is 59.1 Å². The fourth-order valence-corrected chi connectivity index (χ4v) is 4.19. The normalized spacial score (nSPS) is 25.7. The van der Waals surface area contributed by atoms with E-state index in [0.29, 0.717) is 19.7 Å². The summed E-state index contributed by atoms with van der Waals surface area (Å²) >= 11 is 0. The molecule has 146 valence electrons. The Balaban J connectivity index is 2.01. The first kappa shape index (κ1) is 20.6. The van der Waals surface area contributed by atoms with E-state index in [4.69, 9.17) is 15.9 Å². The zero-order chi connectivity index (χ0) is 19.7. The number of terminal acetylenes is 1. The summed E-state index contributed by atoms with van der Waals surface area (Å²) in [4.78, 5) is 28.4. The third-order valence-corrected chi connectivity index (χ3v) is 6.42. The molecule has 2 heterocycles. The van der Waals surface area contributed by atoms with Gasteiger partial charge in [-0.05, 0) is 33.2 Å². The first-order valence-electron chi connectivity index (χ1n) is 9.30. The van der Waals surface area contributed by atoms with Gasteiger partial charge in [-0.3, -0.25) is 4.90 Å². The molecular weight excluding hydrogens is 348 g/mol. The summed E-state index contributed by atoms with van der Waals surface area (Å²) in [6, 6.07) is 0.486. The molecule has 0 N–H and O–H groups in total. The maximum Gasteiger partial charge on any atom is 0.411 e. The maximum absolute atomic E-state index is 12.6. The van der Waals surface area contributed by atoms with E-state index in [0.717, 1.165) is 12.5 Å². The Morgan fingerprint density at radius 3 is 2.38 bits per heavy atom. The van der Waals surface area contributed by atoms with E-state index in [1.165, 1.54) is 0 Å². The van der Waals surface area contributed by atoms with Crippen molar-refractivity contribution in [2.24, 2.45) is 5.92 Å². The van der Waals surface area contributed by atoms with Crippen molar-refractivity contribution in [3.8, 4) is 12.3 Å². The Hall–Kier alpha value is -1.68. The van der Waals surface area contributed by atoms with E-state index >= 15 is 0 Å². The van der Waals surface area contributed by atoms with E-state index in [2.05, 4.69) is 25.6 Å². The average Bonchev–Trinajstić information content (AvgIpc) is 2.73. The largest absolute Gasteiger partial charge is 0.450 e. The molecule has 0 radical (unpaired) electrons. The second-order valence-electron chi connectivity index (χ2n) is 9.48. The zero-order valence-electron chi connectivity index (χ0n) is 16.9. The van der Waals surface area contributed by atoms with Crippen molar-refractivity contribution in [3.63, 3.8) is 0 Å². The molecule has 2 rings (SSSR count). The Labute approximate surface area is 158 Å². The van der Waals surface area contributed by atoms with Crippen LogP contribution >= 0.6 is 0 Å². The van der Waals surface area contributed by atoms with Crippen LogP contribution in [0, 0.1) is 18.3 Å². The molecule has 6 nitrogen and oxygen atoms in total. The SMILES string of the molecule is C#C[C@H]1[C@H]2C[C@H](CN(C(=O)OCC[Si](C)(C)C)C2)N1C(=O)OC(C)(C)C. The molecule has 2 saturated heterocycles. The summed E-state index contributed by atoms with van der Waals surface area (Å²) in [6.45, 7) is 13.7. The number of carbonyl (C=O) groups is 2. The molecule has 7 heteroatoms. The minimum absolute atomic E-state index is 0.0656. The van der Waals surface area contributed by atoms with Gasteiger partial charge in [-0.25, -0.2) is 9.59 Å². The highest BCUT2D eigenvalue weighted by atomic mass is 28.3. The second-order valence-corrected chi connectivity index (χ2v) is 15.1. The molecule has 0 unspecified atom stereocenters. The summed E-state index contributed by atoms with van der Waals surface area (Å²) in [5, 5.41) is 0. The van der Waals surface area contributed by atoms with Crippen LogP contribution in [0.2, 0.25) is 25.7 Å². The number of nitrogens with zero attached hydrogens (tertiary/aromatic N) is 2. The van der Waals surface area contributed by atoms with Crippen LogP contribution < -0.4 is 0 Å². The summed E-state index contributed by atoms with van der Waals surface area (Å²) < 4.78 is 11.0. The van der Waals surface area contributed by atoms with Gasteiger partial charge in [0.2, 0.25) is 0 Å². The number of carbonyl (C=O) groups excluding carboxylic acids is 2. The van der Waals surface area contributed by atoms with E-state index in [9.17, 15) is 9.59 Å². The third kappa shape index (κ3) is 5.16. The molecule has 0 saturated carbocycles. The molecule has 0 spiro atoms. The quantitative estimate of drug-likeness (QED) is 0.556. The number of rotatable bonds is 3. The van der Waals surface area contributed by atoms with Crippen molar-refractivity contribution in [1.29, 1.82) is 0 Å². The van der Waals surface area contributed by atoms with E-state index < -0.39 is 19.8 Å². The van der Waals surface area contributed by atoms with Crippen LogP contribution in [0.25, 0.3) is 0 Å². The minimum atomic E-state index is -1.25. The number of piperidine rings is 1.